The van der Waals surface area contributed by atoms with Crippen LogP contribution in [0.1, 0.15) is 31.1 Å². The number of halogens is 2. The van der Waals surface area contributed by atoms with Crippen LogP contribution in [0.5, 0.6) is 5.75 Å². The molecule has 0 radical (unpaired) electrons. The quantitative estimate of drug-likeness (QED) is 0.614. The zero-order valence-electron chi connectivity index (χ0n) is 12.6. The highest BCUT2D eigenvalue weighted by Crippen LogP contribution is 2.22. The highest BCUT2D eigenvalue weighted by Gasteiger charge is 2.35. The summed E-state index contributed by atoms with van der Waals surface area (Å²) in [6, 6.07) is 11.1. The molecule has 8 heteroatoms. The Morgan fingerprint density at radius 2 is 1.52 bits per heavy atom. The number of carbonyl (C=O) groups is 3. The van der Waals surface area contributed by atoms with Gasteiger partial charge in [0, 0.05) is 0 Å². The molecule has 0 aromatic heterocycles. The highest BCUT2D eigenvalue weighted by molar-refractivity contribution is 6.21. The monoisotopic (exact) mass is 347 g/mol. The minimum Gasteiger partial charge on any atom is -0.440 e. The Labute approximate surface area is 140 Å². The molecule has 0 saturated heterocycles. The van der Waals surface area contributed by atoms with Crippen molar-refractivity contribution in [2.24, 2.45) is 0 Å². The third kappa shape index (κ3) is 3.32. The molecule has 1 aliphatic heterocycles. The minimum atomic E-state index is -2.97. The SMILES string of the molecule is O=C(OCN1C(=O)c2ccccc2C1=O)c1ccc(OC(F)F)cc1. The van der Waals surface area contributed by atoms with Crippen LogP contribution in [0.15, 0.2) is 48.5 Å². The molecule has 6 nitrogen and oxygen atoms in total. The summed E-state index contributed by atoms with van der Waals surface area (Å²) in [7, 11) is 0. The molecule has 0 saturated carbocycles. The number of esters is 1. The van der Waals surface area contributed by atoms with E-state index in [-0.39, 0.29) is 22.4 Å². The van der Waals surface area contributed by atoms with E-state index in [1.807, 2.05) is 0 Å². The lowest BCUT2D eigenvalue weighted by Gasteiger charge is -2.14. The van der Waals surface area contributed by atoms with Gasteiger partial charge in [-0.2, -0.15) is 8.78 Å². The molecule has 2 aromatic carbocycles. The van der Waals surface area contributed by atoms with Crippen LogP contribution in [0, 0.1) is 0 Å². The van der Waals surface area contributed by atoms with Crippen LogP contribution in [0.2, 0.25) is 0 Å². The lowest BCUT2D eigenvalue weighted by molar-refractivity contribution is -0.0498. The van der Waals surface area contributed by atoms with Crippen molar-refractivity contribution in [3.05, 3.63) is 65.2 Å². The predicted molar refractivity (Wildman–Crippen MR) is 80.3 cm³/mol. The number of ether oxygens (including phenoxy) is 2. The first kappa shape index (κ1) is 16.6. The second-order valence-electron chi connectivity index (χ2n) is 5.05. The Bertz CT molecular complexity index is 800. The first-order valence-corrected chi connectivity index (χ1v) is 7.14. The Balaban J connectivity index is 1.63. The van der Waals surface area contributed by atoms with Gasteiger partial charge in [0.2, 0.25) is 0 Å². The van der Waals surface area contributed by atoms with Gasteiger partial charge in [-0.15, -0.1) is 0 Å². The van der Waals surface area contributed by atoms with Crippen molar-refractivity contribution in [3.8, 4) is 5.75 Å². The molecule has 0 aliphatic carbocycles. The number of alkyl halides is 2. The molecular formula is C17H11F2NO5. The smallest absolute Gasteiger partial charge is 0.387 e. The number of nitrogens with zero attached hydrogens (tertiary/aromatic N) is 1. The zero-order chi connectivity index (χ0) is 18.0. The molecule has 0 atom stereocenters. The number of hydrogen-bond donors (Lipinski definition) is 0. The summed E-state index contributed by atoms with van der Waals surface area (Å²) in [6.45, 7) is -3.51. The fourth-order valence-electron chi connectivity index (χ4n) is 2.34. The summed E-state index contributed by atoms with van der Waals surface area (Å²) in [4.78, 5) is 37.0. The van der Waals surface area contributed by atoms with Crippen molar-refractivity contribution in [1.82, 2.24) is 4.90 Å². The molecule has 3 rings (SSSR count). The Morgan fingerprint density at radius 1 is 0.960 bits per heavy atom. The summed E-state index contributed by atoms with van der Waals surface area (Å²) >= 11 is 0. The summed E-state index contributed by atoms with van der Waals surface area (Å²) in [6.07, 6.45) is 0. The molecule has 0 unspecified atom stereocenters. The van der Waals surface area contributed by atoms with E-state index in [0.717, 1.165) is 4.90 Å². The van der Waals surface area contributed by atoms with E-state index in [4.69, 9.17) is 4.74 Å². The fraction of sp³-hybridized carbons (Fsp3) is 0.118. The maximum absolute atomic E-state index is 12.1. The Hall–Kier alpha value is -3.29. The molecule has 25 heavy (non-hydrogen) atoms. The lowest BCUT2D eigenvalue weighted by Crippen LogP contribution is -2.33. The lowest BCUT2D eigenvalue weighted by atomic mass is 10.1. The van der Waals surface area contributed by atoms with Crippen molar-refractivity contribution in [2.45, 2.75) is 6.61 Å². The maximum atomic E-state index is 12.1. The second-order valence-corrected chi connectivity index (χ2v) is 5.05. The topological polar surface area (TPSA) is 72.9 Å². The molecule has 2 aromatic rings. The van der Waals surface area contributed by atoms with Crippen LogP contribution in [0.3, 0.4) is 0 Å². The van der Waals surface area contributed by atoms with Crippen LogP contribution < -0.4 is 4.74 Å². The van der Waals surface area contributed by atoms with Crippen molar-refractivity contribution < 1.29 is 32.6 Å². The average molecular weight is 347 g/mol. The number of hydrogen-bond acceptors (Lipinski definition) is 5. The molecular weight excluding hydrogens is 336 g/mol. The second kappa shape index (κ2) is 6.68. The van der Waals surface area contributed by atoms with Gasteiger partial charge in [0.1, 0.15) is 5.75 Å². The summed E-state index contributed by atoms with van der Waals surface area (Å²) in [5.41, 5.74) is 0.562. The largest absolute Gasteiger partial charge is 0.440 e. The van der Waals surface area contributed by atoms with E-state index in [2.05, 4.69) is 4.74 Å². The fourth-order valence-corrected chi connectivity index (χ4v) is 2.34. The Morgan fingerprint density at radius 3 is 2.04 bits per heavy atom. The van der Waals surface area contributed by atoms with Crippen molar-refractivity contribution in [1.29, 1.82) is 0 Å². The van der Waals surface area contributed by atoms with E-state index < -0.39 is 31.1 Å². The van der Waals surface area contributed by atoms with E-state index in [9.17, 15) is 23.2 Å². The van der Waals surface area contributed by atoms with Crippen molar-refractivity contribution >= 4 is 17.8 Å². The first-order valence-electron chi connectivity index (χ1n) is 7.14. The van der Waals surface area contributed by atoms with Gasteiger partial charge in [-0.3, -0.25) is 9.59 Å². The van der Waals surface area contributed by atoms with Gasteiger partial charge in [0.05, 0.1) is 16.7 Å². The van der Waals surface area contributed by atoms with Crippen molar-refractivity contribution in [2.75, 3.05) is 6.73 Å². The van der Waals surface area contributed by atoms with E-state index in [0.29, 0.717) is 0 Å². The molecule has 0 spiro atoms. The van der Waals surface area contributed by atoms with Crippen LogP contribution >= 0.6 is 0 Å². The van der Waals surface area contributed by atoms with Gasteiger partial charge >= 0.3 is 12.6 Å². The van der Waals surface area contributed by atoms with Crippen LogP contribution in [-0.4, -0.2) is 36.0 Å². The van der Waals surface area contributed by atoms with Crippen molar-refractivity contribution in [3.63, 3.8) is 0 Å². The predicted octanol–water partition coefficient (Wildman–Crippen LogP) is 2.70. The molecule has 128 valence electrons. The van der Waals surface area contributed by atoms with Gasteiger partial charge in [-0.05, 0) is 36.4 Å². The third-order valence-corrected chi connectivity index (χ3v) is 3.52. The molecule has 0 bridgehead atoms. The standard InChI is InChI=1S/C17H11F2NO5/c18-17(19)25-11-7-5-10(6-8-11)16(23)24-9-20-14(21)12-3-1-2-4-13(12)15(20)22/h1-8,17H,9H2. The molecule has 1 heterocycles. The number of rotatable bonds is 5. The highest BCUT2D eigenvalue weighted by atomic mass is 19.3. The summed E-state index contributed by atoms with van der Waals surface area (Å²) in [5, 5.41) is 0. The van der Waals surface area contributed by atoms with E-state index in [1.165, 1.54) is 36.4 Å². The van der Waals surface area contributed by atoms with Gasteiger partial charge in [-0.1, -0.05) is 12.1 Å². The number of amides is 2. The summed E-state index contributed by atoms with van der Waals surface area (Å²) < 4.78 is 33.3. The number of imide groups is 1. The molecule has 1 aliphatic rings. The van der Waals surface area contributed by atoms with Gasteiger partial charge < -0.3 is 9.47 Å². The molecule has 2 amide bonds. The third-order valence-electron chi connectivity index (χ3n) is 3.52. The number of fused-ring (bicyclic) bond motifs is 1. The summed E-state index contributed by atoms with van der Waals surface area (Å²) in [5.74, 6) is -2.00. The van der Waals surface area contributed by atoms with Crippen LogP contribution in [0.4, 0.5) is 8.78 Å². The maximum Gasteiger partial charge on any atom is 0.387 e. The van der Waals surface area contributed by atoms with Gasteiger partial charge in [0.15, 0.2) is 6.73 Å². The zero-order valence-corrected chi connectivity index (χ0v) is 12.6. The number of benzene rings is 2. The first-order chi connectivity index (χ1) is 12.0. The molecule has 0 fully saturated rings. The van der Waals surface area contributed by atoms with Crippen LogP contribution in [-0.2, 0) is 4.74 Å². The number of carbonyl (C=O) groups excluding carboxylic acids is 3. The van der Waals surface area contributed by atoms with E-state index >= 15 is 0 Å². The Kier molecular flexibility index (Phi) is 4.42. The molecule has 0 N–H and O–H groups in total. The van der Waals surface area contributed by atoms with Gasteiger partial charge in [-0.25, -0.2) is 9.69 Å². The minimum absolute atomic E-state index is 0.0678. The van der Waals surface area contributed by atoms with Crippen LogP contribution in [0.25, 0.3) is 0 Å². The normalized spacial score (nSPS) is 13.2. The van der Waals surface area contributed by atoms with Gasteiger partial charge in [0.25, 0.3) is 11.8 Å². The average Bonchev–Trinajstić information content (AvgIpc) is 2.84. The van der Waals surface area contributed by atoms with E-state index in [1.54, 1.807) is 12.1 Å².